The molecule has 0 bridgehead atoms. The summed E-state index contributed by atoms with van der Waals surface area (Å²) in [6.45, 7) is 2.82. The van der Waals surface area contributed by atoms with E-state index in [9.17, 15) is 9.59 Å². The SMILES string of the molecule is CCNC(=O)Nc1cccc(NC(=O)/C=C/c2ccc(OCc3cccnc3)cc2)c1. The van der Waals surface area contributed by atoms with Crippen LogP contribution in [0.5, 0.6) is 5.75 Å². The van der Waals surface area contributed by atoms with Crippen molar-refractivity contribution in [1.82, 2.24) is 10.3 Å². The summed E-state index contributed by atoms with van der Waals surface area (Å²) in [6.07, 6.45) is 6.66. The molecule has 2 aromatic carbocycles. The molecule has 0 aliphatic heterocycles. The van der Waals surface area contributed by atoms with Crippen LogP contribution >= 0.6 is 0 Å². The minimum Gasteiger partial charge on any atom is -0.489 e. The zero-order chi connectivity index (χ0) is 21.9. The van der Waals surface area contributed by atoms with Crippen molar-refractivity contribution >= 4 is 29.4 Å². The molecule has 3 N–H and O–H groups in total. The molecule has 0 fully saturated rings. The lowest BCUT2D eigenvalue weighted by molar-refractivity contribution is -0.111. The van der Waals surface area contributed by atoms with Gasteiger partial charge in [0, 0.05) is 42.0 Å². The molecule has 0 aliphatic carbocycles. The molecule has 0 radical (unpaired) electrons. The van der Waals surface area contributed by atoms with E-state index in [1.165, 1.54) is 6.08 Å². The first kappa shape index (κ1) is 21.6. The van der Waals surface area contributed by atoms with Crippen molar-refractivity contribution in [2.45, 2.75) is 13.5 Å². The fourth-order valence-corrected chi connectivity index (χ4v) is 2.69. The van der Waals surface area contributed by atoms with Crippen LogP contribution in [0.2, 0.25) is 0 Å². The Kier molecular flexibility index (Phi) is 7.77. The predicted octanol–water partition coefficient (Wildman–Crippen LogP) is 4.45. The fourth-order valence-electron chi connectivity index (χ4n) is 2.69. The molecule has 3 amide bonds. The van der Waals surface area contributed by atoms with Gasteiger partial charge in [-0.3, -0.25) is 9.78 Å². The number of aromatic nitrogens is 1. The molecule has 0 spiro atoms. The number of anilines is 2. The van der Waals surface area contributed by atoms with Crippen LogP contribution in [0.25, 0.3) is 6.08 Å². The summed E-state index contributed by atoms with van der Waals surface area (Å²) in [7, 11) is 0. The van der Waals surface area contributed by atoms with Gasteiger partial charge in [0.1, 0.15) is 12.4 Å². The van der Waals surface area contributed by atoms with Gasteiger partial charge < -0.3 is 20.7 Å². The maximum Gasteiger partial charge on any atom is 0.319 e. The molecule has 0 atom stereocenters. The Bertz CT molecular complexity index is 1030. The highest BCUT2D eigenvalue weighted by Crippen LogP contribution is 2.16. The van der Waals surface area contributed by atoms with E-state index >= 15 is 0 Å². The van der Waals surface area contributed by atoms with E-state index in [4.69, 9.17) is 4.74 Å². The quantitative estimate of drug-likeness (QED) is 0.473. The van der Waals surface area contributed by atoms with Gasteiger partial charge in [-0.1, -0.05) is 24.3 Å². The molecule has 1 heterocycles. The monoisotopic (exact) mass is 416 g/mol. The Morgan fingerprint density at radius 3 is 2.48 bits per heavy atom. The number of nitrogens with one attached hydrogen (secondary N) is 3. The third kappa shape index (κ3) is 7.32. The van der Waals surface area contributed by atoms with Gasteiger partial charge in [0.2, 0.25) is 5.91 Å². The third-order valence-corrected chi connectivity index (χ3v) is 4.16. The van der Waals surface area contributed by atoms with Crippen LogP contribution in [-0.4, -0.2) is 23.5 Å². The van der Waals surface area contributed by atoms with Crippen LogP contribution in [0.1, 0.15) is 18.1 Å². The lowest BCUT2D eigenvalue weighted by Gasteiger charge is -2.08. The number of nitrogens with zero attached hydrogens (tertiary/aromatic N) is 1. The largest absolute Gasteiger partial charge is 0.489 e. The second-order valence-electron chi connectivity index (χ2n) is 6.61. The van der Waals surface area contributed by atoms with Gasteiger partial charge in [-0.2, -0.15) is 0 Å². The summed E-state index contributed by atoms with van der Waals surface area (Å²) in [6, 6.07) is 17.9. The van der Waals surface area contributed by atoms with Crippen LogP contribution in [-0.2, 0) is 11.4 Å². The second kappa shape index (κ2) is 11.2. The average molecular weight is 416 g/mol. The van der Waals surface area contributed by atoms with E-state index in [1.54, 1.807) is 42.7 Å². The maximum atomic E-state index is 12.2. The number of carbonyl (C=O) groups excluding carboxylic acids is 2. The minimum atomic E-state index is -0.293. The van der Waals surface area contributed by atoms with Gasteiger partial charge >= 0.3 is 6.03 Å². The topological polar surface area (TPSA) is 92.4 Å². The lowest BCUT2D eigenvalue weighted by Crippen LogP contribution is -2.28. The average Bonchev–Trinajstić information content (AvgIpc) is 2.78. The van der Waals surface area contributed by atoms with E-state index in [0.717, 1.165) is 16.9 Å². The van der Waals surface area contributed by atoms with E-state index in [2.05, 4.69) is 20.9 Å². The number of carbonyl (C=O) groups is 2. The summed E-state index contributed by atoms with van der Waals surface area (Å²) in [5.74, 6) is 0.467. The van der Waals surface area contributed by atoms with Gasteiger partial charge in [0.25, 0.3) is 0 Å². The molecule has 0 saturated carbocycles. The first-order valence-electron chi connectivity index (χ1n) is 9.88. The first-order valence-corrected chi connectivity index (χ1v) is 9.88. The summed E-state index contributed by atoms with van der Waals surface area (Å²) < 4.78 is 5.73. The third-order valence-electron chi connectivity index (χ3n) is 4.16. The van der Waals surface area contributed by atoms with Crippen molar-refractivity contribution in [2.24, 2.45) is 0 Å². The Balaban J connectivity index is 1.51. The van der Waals surface area contributed by atoms with Crippen LogP contribution < -0.4 is 20.7 Å². The zero-order valence-corrected chi connectivity index (χ0v) is 17.2. The molecule has 1 aromatic heterocycles. The molecule has 158 valence electrons. The highest BCUT2D eigenvalue weighted by Gasteiger charge is 2.03. The van der Waals surface area contributed by atoms with Gasteiger partial charge in [-0.25, -0.2) is 4.79 Å². The van der Waals surface area contributed by atoms with Crippen LogP contribution in [0.4, 0.5) is 16.2 Å². The highest BCUT2D eigenvalue weighted by molar-refractivity contribution is 6.02. The fraction of sp³-hybridized carbons (Fsp3) is 0.125. The van der Waals surface area contributed by atoms with E-state index in [1.807, 2.05) is 43.3 Å². The minimum absolute atomic E-state index is 0.271. The molecule has 3 aromatic rings. The normalized spacial score (nSPS) is 10.5. The number of benzene rings is 2. The Morgan fingerprint density at radius 1 is 1.00 bits per heavy atom. The van der Waals surface area contributed by atoms with Crippen molar-refractivity contribution in [3.63, 3.8) is 0 Å². The number of hydrogen-bond acceptors (Lipinski definition) is 4. The summed E-state index contributed by atoms with van der Waals surface area (Å²) >= 11 is 0. The van der Waals surface area contributed by atoms with Crippen LogP contribution in [0.3, 0.4) is 0 Å². The number of rotatable bonds is 8. The Labute approximate surface area is 181 Å². The lowest BCUT2D eigenvalue weighted by atomic mass is 10.2. The Hall–Kier alpha value is -4.13. The number of hydrogen-bond donors (Lipinski definition) is 3. The van der Waals surface area contributed by atoms with E-state index in [0.29, 0.717) is 24.5 Å². The molecule has 31 heavy (non-hydrogen) atoms. The standard InChI is InChI=1S/C24H24N4O3/c1-2-26-24(30)28-21-7-3-6-20(15-21)27-23(29)13-10-18-8-11-22(12-9-18)31-17-19-5-4-14-25-16-19/h3-16H,2,17H2,1H3,(H,27,29)(H2,26,28,30)/b13-10+. The molecule has 0 saturated heterocycles. The van der Waals surface area contributed by atoms with E-state index in [-0.39, 0.29) is 11.9 Å². The summed E-state index contributed by atoms with van der Waals surface area (Å²) in [5, 5.41) is 8.14. The first-order chi connectivity index (χ1) is 15.1. The second-order valence-corrected chi connectivity index (χ2v) is 6.61. The molecule has 7 nitrogen and oxygen atoms in total. The molecule has 0 unspecified atom stereocenters. The van der Waals surface area contributed by atoms with Crippen molar-refractivity contribution in [3.05, 3.63) is 90.3 Å². The number of ether oxygens (including phenoxy) is 1. The van der Waals surface area contributed by atoms with E-state index < -0.39 is 0 Å². The number of amides is 3. The molecular weight excluding hydrogens is 392 g/mol. The number of urea groups is 1. The molecule has 0 aliphatic rings. The Morgan fingerprint density at radius 2 is 1.77 bits per heavy atom. The van der Waals surface area contributed by atoms with Crippen molar-refractivity contribution in [3.8, 4) is 5.75 Å². The van der Waals surface area contributed by atoms with Gasteiger partial charge in [-0.05, 0) is 55.0 Å². The maximum absolute atomic E-state index is 12.2. The highest BCUT2D eigenvalue weighted by atomic mass is 16.5. The summed E-state index contributed by atoms with van der Waals surface area (Å²) in [5.41, 5.74) is 3.04. The molecule has 7 heteroatoms. The zero-order valence-electron chi connectivity index (χ0n) is 17.2. The number of pyridine rings is 1. The van der Waals surface area contributed by atoms with Crippen LogP contribution in [0, 0.1) is 0 Å². The smallest absolute Gasteiger partial charge is 0.319 e. The van der Waals surface area contributed by atoms with Gasteiger partial charge in [-0.15, -0.1) is 0 Å². The molecule has 3 rings (SSSR count). The van der Waals surface area contributed by atoms with Crippen molar-refractivity contribution < 1.29 is 14.3 Å². The van der Waals surface area contributed by atoms with Crippen LogP contribution in [0.15, 0.2) is 79.1 Å². The van der Waals surface area contributed by atoms with Crippen molar-refractivity contribution in [1.29, 1.82) is 0 Å². The predicted molar refractivity (Wildman–Crippen MR) is 122 cm³/mol. The molecular formula is C24H24N4O3. The van der Waals surface area contributed by atoms with Gasteiger partial charge in [0.05, 0.1) is 0 Å². The summed E-state index contributed by atoms with van der Waals surface area (Å²) in [4.78, 5) is 27.9. The van der Waals surface area contributed by atoms with Gasteiger partial charge in [0.15, 0.2) is 0 Å². The van der Waals surface area contributed by atoms with Crippen molar-refractivity contribution in [2.75, 3.05) is 17.2 Å².